The number of benzene rings is 2. The van der Waals surface area contributed by atoms with Crippen molar-refractivity contribution in [3.05, 3.63) is 59.2 Å². The lowest BCUT2D eigenvalue weighted by Gasteiger charge is -2.25. The largest absolute Gasteiger partial charge is 0.416 e. The van der Waals surface area contributed by atoms with E-state index in [0.29, 0.717) is 11.3 Å². The van der Waals surface area contributed by atoms with Gasteiger partial charge < -0.3 is 15.5 Å². The Labute approximate surface area is 191 Å². The van der Waals surface area contributed by atoms with Crippen LogP contribution in [0.3, 0.4) is 0 Å². The Hall–Kier alpha value is -3.03. The molecule has 1 aliphatic carbocycles. The Morgan fingerprint density at radius 3 is 2.15 bits per heavy atom. The van der Waals surface area contributed by atoms with Gasteiger partial charge in [-0.15, -0.1) is 0 Å². The third kappa shape index (κ3) is 5.67. The van der Waals surface area contributed by atoms with Crippen molar-refractivity contribution in [2.45, 2.75) is 57.2 Å². The zero-order chi connectivity index (χ0) is 23.4. The van der Waals surface area contributed by atoms with Crippen LogP contribution >= 0.6 is 0 Å². The van der Waals surface area contributed by atoms with Gasteiger partial charge in [-0.05, 0) is 68.1 Å². The number of anilines is 2. The molecule has 1 aliphatic heterocycles. The van der Waals surface area contributed by atoms with Gasteiger partial charge in [-0.25, -0.2) is 0 Å². The number of nitrogens with one attached hydrogen (secondary N) is 2. The summed E-state index contributed by atoms with van der Waals surface area (Å²) < 4.78 is 38.3. The summed E-state index contributed by atoms with van der Waals surface area (Å²) in [5.41, 5.74) is 1.08. The summed E-state index contributed by atoms with van der Waals surface area (Å²) in [6, 6.07) is 9.44. The molecule has 0 unspecified atom stereocenters. The fourth-order valence-corrected chi connectivity index (χ4v) is 4.55. The lowest BCUT2D eigenvalue weighted by atomic mass is 9.95. The van der Waals surface area contributed by atoms with Crippen LogP contribution in [-0.4, -0.2) is 30.9 Å². The quantitative estimate of drug-likeness (QED) is 0.610. The number of amides is 2. The number of nitrogens with zero attached hydrogens (tertiary/aromatic N) is 1. The highest BCUT2D eigenvalue weighted by Gasteiger charge is 2.30. The van der Waals surface area contributed by atoms with E-state index >= 15 is 0 Å². The highest BCUT2D eigenvalue weighted by molar-refractivity contribution is 6.06. The summed E-state index contributed by atoms with van der Waals surface area (Å²) >= 11 is 0. The Balaban J connectivity index is 1.53. The summed E-state index contributed by atoms with van der Waals surface area (Å²) in [4.78, 5) is 28.0. The van der Waals surface area contributed by atoms with Crippen molar-refractivity contribution in [2.75, 3.05) is 23.3 Å². The molecule has 0 bridgehead atoms. The van der Waals surface area contributed by atoms with Gasteiger partial charge in [0.1, 0.15) is 0 Å². The van der Waals surface area contributed by atoms with Crippen molar-refractivity contribution in [1.82, 2.24) is 5.32 Å². The third-order valence-electron chi connectivity index (χ3n) is 6.36. The second-order valence-corrected chi connectivity index (χ2v) is 8.76. The topological polar surface area (TPSA) is 61.4 Å². The van der Waals surface area contributed by atoms with Crippen LogP contribution in [0.4, 0.5) is 24.5 Å². The van der Waals surface area contributed by atoms with Gasteiger partial charge in [0.25, 0.3) is 11.8 Å². The molecule has 0 radical (unpaired) electrons. The van der Waals surface area contributed by atoms with E-state index in [-0.39, 0.29) is 17.5 Å². The van der Waals surface area contributed by atoms with Crippen LogP contribution in [0.1, 0.15) is 71.2 Å². The number of alkyl halides is 3. The molecule has 0 atom stereocenters. The van der Waals surface area contributed by atoms with E-state index in [1.165, 1.54) is 6.42 Å². The second kappa shape index (κ2) is 9.85. The Morgan fingerprint density at radius 1 is 0.848 bits per heavy atom. The normalized spacial score (nSPS) is 17.1. The summed E-state index contributed by atoms with van der Waals surface area (Å²) in [7, 11) is 0. The fraction of sp³-hybridized carbons (Fsp3) is 0.440. The van der Waals surface area contributed by atoms with Gasteiger partial charge in [0, 0.05) is 36.1 Å². The maximum absolute atomic E-state index is 13.2. The highest BCUT2D eigenvalue weighted by atomic mass is 19.4. The minimum atomic E-state index is -4.46. The van der Waals surface area contributed by atoms with Crippen molar-refractivity contribution in [3.8, 4) is 0 Å². The summed E-state index contributed by atoms with van der Waals surface area (Å²) in [6.45, 7) is 1.75. The smallest absolute Gasteiger partial charge is 0.371 e. The van der Waals surface area contributed by atoms with Crippen molar-refractivity contribution in [1.29, 1.82) is 0 Å². The van der Waals surface area contributed by atoms with Crippen LogP contribution < -0.4 is 15.5 Å². The summed E-state index contributed by atoms with van der Waals surface area (Å²) in [5, 5.41) is 5.86. The maximum atomic E-state index is 13.2. The molecule has 4 rings (SSSR count). The lowest BCUT2D eigenvalue weighted by molar-refractivity contribution is -0.137. The molecule has 5 nitrogen and oxygen atoms in total. The van der Waals surface area contributed by atoms with Crippen molar-refractivity contribution in [2.24, 2.45) is 0 Å². The number of carbonyl (C=O) groups excluding carboxylic acids is 2. The molecule has 1 saturated heterocycles. The maximum Gasteiger partial charge on any atom is 0.416 e. The molecule has 2 aromatic rings. The van der Waals surface area contributed by atoms with Gasteiger partial charge in [0.15, 0.2) is 0 Å². The number of carbonyl (C=O) groups is 2. The van der Waals surface area contributed by atoms with Gasteiger partial charge >= 0.3 is 6.18 Å². The average Bonchev–Trinajstić information content (AvgIpc) is 3.34. The van der Waals surface area contributed by atoms with Crippen LogP contribution in [0.25, 0.3) is 0 Å². The first-order valence-electron chi connectivity index (χ1n) is 11.5. The molecule has 33 heavy (non-hydrogen) atoms. The molecule has 0 spiro atoms. The first-order valence-corrected chi connectivity index (χ1v) is 11.5. The monoisotopic (exact) mass is 459 g/mol. The van der Waals surface area contributed by atoms with Crippen LogP contribution in [0.5, 0.6) is 0 Å². The van der Waals surface area contributed by atoms with E-state index in [1.54, 1.807) is 12.1 Å². The molecule has 8 heteroatoms. The molecular formula is C25H28F3N3O2. The lowest BCUT2D eigenvalue weighted by Crippen LogP contribution is -2.37. The molecule has 2 aliphatic rings. The Bertz CT molecular complexity index is 993. The van der Waals surface area contributed by atoms with Gasteiger partial charge in [0.05, 0.1) is 11.1 Å². The highest BCUT2D eigenvalue weighted by Crippen LogP contribution is 2.30. The van der Waals surface area contributed by atoms with Crippen molar-refractivity contribution in [3.63, 3.8) is 0 Å². The van der Waals surface area contributed by atoms with E-state index in [4.69, 9.17) is 0 Å². The van der Waals surface area contributed by atoms with E-state index < -0.39 is 17.6 Å². The van der Waals surface area contributed by atoms with Crippen molar-refractivity contribution < 1.29 is 22.8 Å². The van der Waals surface area contributed by atoms with Crippen LogP contribution in [0, 0.1) is 0 Å². The standard InChI is InChI=1S/C25H28F3N3O2/c26-25(27,28)18-10-8-17(9-11-18)23(32)30-20-12-13-22(31-14-4-5-15-31)21(16-20)24(33)29-19-6-2-1-3-7-19/h8-13,16,19H,1-7,14-15H2,(H,29,33)(H,30,32). The predicted octanol–water partition coefficient (Wildman–Crippen LogP) is 5.62. The van der Waals surface area contributed by atoms with Gasteiger partial charge in [-0.2, -0.15) is 13.2 Å². The van der Waals surface area contributed by atoms with Crippen LogP contribution in [0.2, 0.25) is 0 Å². The number of rotatable bonds is 5. The zero-order valence-corrected chi connectivity index (χ0v) is 18.4. The second-order valence-electron chi connectivity index (χ2n) is 8.76. The molecule has 2 aromatic carbocycles. The number of halogens is 3. The SMILES string of the molecule is O=C(Nc1ccc(N2CCCC2)c(C(=O)NC2CCCCC2)c1)c1ccc(C(F)(F)F)cc1. The van der Waals surface area contributed by atoms with E-state index in [9.17, 15) is 22.8 Å². The average molecular weight is 460 g/mol. The van der Waals surface area contributed by atoms with Gasteiger partial charge in [0.2, 0.25) is 0 Å². The Morgan fingerprint density at radius 2 is 1.52 bits per heavy atom. The van der Waals surface area contributed by atoms with E-state index in [0.717, 1.165) is 81.6 Å². The zero-order valence-electron chi connectivity index (χ0n) is 18.4. The van der Waals surface area contributed by atoms with Gasteiger partial charge in [-0.1, -0.05) is 19.3 Å². The minimum Gasteiger partial charge on any atom is -0.371 e. The predicted molar refractivity (Wildman–Crippen MR) is 122 cm³/mol. The molecule has 1 heterocycles. The number of hydrogen-bond donors (Lipinski definition) is 2. The first-order chi connectivity index (χ1) is 15.8. The molecule has 176 valence electrons. The fourth-order valence-electron chi connectivity index (χ4n) is 4.55. The summed E-state index contributed by atoms with van der Waals surface area (Å²) in [5.74, 6) is -0.689. The molecular weight excluding hydrogens is 431 g/mol. The van der Waals surface area contributed by atoms with Gasteiger partial charge in [-0.3, -0.25) is 9.59 Å². The van der Waals surface area contributed by atoms with Crippen LogP contribution in [-0.2, 0) is 6.18 Å². The van der Waals surface area contributed by atoms with E-state index in [1.807, 2.05) is 6.07 Å². The molecule has 1 saturated carbocycles. The minimum absolute atomic E-state index is 0.111. The van der Waals surface area contributed by atoms with Crippen LogP contribution in [0.15, 0.2) is 42.5 Å². The summed E-state index contributed by atoms with van der Waals surface area (Å²) in [6.07, 6.45) is 3.01. The molecule has 2 amide bonds. The molecule has 2 N–H and O–H groups in total. The molecule has 0 aromatic heterocycles. The van der Waals surface area contributed by atoms with Crippen molar-refractivity contribution >= 4 is 23.2 Å². The molecule has 2 fully saturated rings. The third-order valence-corrected chi connectivity index (χ3v) is 6.36. The Kier molecular flexibility index (Phi) is 6.91. The number of hydrogen-bond acceptors (Lipinski definition) is 3. The first kappa shape index (κ1) is 23.1. The van der Waals surface area contributed by atoms with E-state index in [2.05, 4.69) is 15.5 Å².